The summed E-state index contributed by atoms with van der Waals surface area (Å²) in [5.41, 5.74) is 5.75. The molecule has 0 amide bonds. The van der Waals surface area contributed by atoms with Crippen molar-refractivity contribution in [2.24, 2.45) is 11.7 Å². The Balaban J connectivity index is 0.00000220. The van der Waals surface area contributed by atoms with E-state index in [1.165, 1.54) is 16.4 Å². The number of sulfonamides is 1. The number of hydrogen-bond acceptors (Lipinski definition) is 3. The summed E-state index contributed by atoms with van der Waals surface area (Å²) >= 11 is 5.66. The Morgan fingerprint density at radius 1 is 1.43 bits per heavy atom. The third-order valence-corrected chi connectivity index (χ3v) is 5.59. The predicted molar refractivity (Wildman–Crippen MR) is 84.6 cm³/mol. The average molecular weight is 357 g/mol. The van der Waals surface area contributed by atoms with Gasteiger partial charge < -0.3 is 5.73 Å². The van der Waals surface area contributed by atoms with Crippen LogP contribution in [-0.4, -0.2) is 32.4 Å². The molecule has 0 saturated carbocycles. The molecule has 8 heteroatoms. The molecule has 21 heavy (non-hydrogen) atoms. The number of hydrogen-bond donors (Lipinski definition) is 1. The molecular formula is C13H19Cl2FN2O2S. The monoisotopic (exact) mass is 356 g/mol. The number of benzene rings is 1. The van der Waals surface area contributed by atoms with E-state index in [2.05, 4.69) is 0 Å². The summed E-state index contributed by atoms with van der Waals surface area (Å²) in [6.07, 6.45) is 1.74. The fourth-order valence-corrected chi connectivity index (χ4v) is 4.21. The molecule has 1 fully saturated rings. The molecule has 1 aromatic carbocycles. The van der Waals surface area contributed by atoms with Crippen molar-refractivity contribution in [1.82, 2.24) is 4.31 Å². The van der Waals surface area contributed by atoms with Crippen molar-refractivity contribution in [3.05, 3.63) is 34.6 Å². The fourth-order valence-electron chi connectivity index (χ4n) is 2.40. The first-order valence-electron chi connectivity index (χ1n) is 6.54. The minimum atomic E-state index is -3.52. The van der Waals surface area contributed by atoms with Gasteiger partial charge in [0.05, 0.1) is 5.75 Å². The first-order chi connectivity index (χ1) is 9.42. The second kappa shape index (κ2) is 7.74. The van der Waals surface area contributed by atoms with Crippen LogP contribution in [0.4, 0.5) is 4.39 Å². The fraction of sp³-hybridized carbons (Fsp3) is 0.538. The molecule has 1 saturated heterocycles. The maximum absolute atomic E-state index is 13.7. The maximum Gasteiger partial charge on any atom is 0.218 e. The van der Waals surface area contributed by atoms with Crippen LogP contribution in [0.1, 0.15) is 18.4 Å². The summed E-state index contributed by atoms with van der Waals surface area (Å²) in [6, 6.07) is 4.04. The number of nitrogens with two attached hydrogens (primary N) is 1. The molecule has 120 valence electrons. The number of piperidine rings is 1. The largest absolute Gasteiger partial charge is 0.330 e. The van der Waals surface area contributed by atoms with Crippen LogP contribution in [-0.2, 0) is 15.8 Å². The Kier molecular flexibility index (Phi) is 6.87. The molecule has 1 aromatic rings. The van der Waals surface area contributed by atoms with Crippen LogP contribution in [0.5, 0.6) is 0 Å². The predicted octanol–water partition coefficient (Wildman–Crippen LogP) is 2.40. The van der Waals surface area contributed by atoms with Crippen molar-refractivity contribution in [1.29, 1.82) is 0 Å². The van der Waals surface area contributed by atoms with Crippen molar-refractivity contribution in [3.63, 3.8) is 0 Å². The highest BCUT2D eigenvalue weighted by Gasteiger charge is 2.29. The first-order valence-corrected chi connectivity index (χ1v) is 8.53. The maximum atomic E-state index is 13.7. The standard InChI is InChI=1S/C13H18ClFN2O2S.ClH/c14-12-4-3-11(13(15)6-12)9-20(18,19)17-5-1-2-10(7-16)8-17;/h3-4,6,10H,1-2,5,7-9,16H2;1H. The molecule has 0 bridgehead atoms. The molecule has 4 nitrogen and oxygen atoms in total. The van der Waals surface area contributed by atoms with Crippen molar-refractivity contribution >= 4 is 34.0 Å². The summed E-state index contributed by atoms with van der Waals surface area (Å²) in [4.78, 5) is 0. The van der Waals surface area contributed by atoms with Gasteiger partial charge in [0.25, 0.3) is 0 Å². The lowest BCUT2D eigenvalue weighted by molar-refractivity contribution is 0.271. The van der Waals surface area contributed by atoms with Crippen LogP contribution in [0.2, 0.25) is 5.02 Å². The molecule has 1 heterocycles. The van der Waals surface area contributed by atoms with E-state index >= 15 is 0 Å². The molecule has 1 aliphatic heterocycles. The Hall–Kier alpha value is -0.400. The van der Waals surface area contributed by atoms with Crippen LogP contribution in [0, 0.1) is 11.7 Å². The van der Waals surface area contributed by atoms with Crippen molar-refractivity contribution in [3.8, 4) is 0 Å². The number of nitrogens with zero attached hydrogens (tertiary/aromatic N) is 1. The Morgan fingerprint density at radius 2 is 2.14 bits per heavy atom. The van der Waals surface area contributed by atoms with Crippen LogP contribution in [0.3, 0.4) is 0 Å². The highest BCUT2D eigenvalue weighted by atomic mass is 35.5. The van der Waals surface area contributed by atoms with E-state index in [0.29, 0.717) is 19.6 Å². The molecular weight excluding hydrogens is 338 g/mol. The van der Waals surface area contributed by atoms with Gasteiger partial charge in [0, 0.05) is 23.7 Å². The smallest absolute Gasteiger partial charge is 0.218 e. The Labute approximate surface area is 135 Å². The molecule has 0 aliphatic carbocycles. The van der Waals surface area contributed by atoms with Gasteiger partial charge in [-0.25, -0.2) is 17.1 Å². The quantitative estimate of drug-likeness (QED) is 0.900. The van der Waals surface area contributed by atoms with Crippen LogP contribution in [0.25, 0.3) is 0 Å². The third kappa shape index (κ3) is 4.79. The molecule has 0 radical (unpaired) electrons. The summed E-state index contributed by atoms with van der Waals surface area (Å²) in [5.74, 6) is -0.741. The lowest BCUT2D eigenvalue weighted by atomic mass is 10.0. The summed E-state index contributed by atoms with van der Waals surface area (Å²) < 4.78 is 39.8. The van der Waals surface area contributed by atoms with Gasteiger partial charge in [0.2, 0.25) is 10.0 Å². The van der Waals surface area contributed by atoms with Gasteiger partial charge in [-0.15, -0.1) is 12.4 Å². The number of halogens is 3. The molecule has 2 N–H and O–H groups in total. The van der Waals surface area contributed by atoms with Crippen molar-refractivity contribution in [2.75, 3.05) is 19.6 Å². The van der Waals surface area contributed by atoms with Gasteiger partial charge in [-0.3, -0.25) is 0 Å². The van der Waals surface area contributed by atoms with E-state index in [1.54, 1.807) is 0 Å². The van der Waals surface area contributed by atoms with Gasteiger partial charge in [0.15, 0.2) is 0 Å². The van der Waals surface area contributed by atoms with E-state index in [9.17, 15) is 12.8 Å². The zero-order chi connectivity index (χ0) is 14.8. The van der Waals surface area contributed by atoms with Crippen molar-refractivity contribution in [2.45, 2.75) is 18.6 Å². The summed E-state index contributed by atoms with van der Waals surface area (Å²) in [7, 11) is -3.52. The van der Waals surface area contributed by atoms with Gasteiger partial charge in [-0.05, 0) is 37.4 Å². The summed E-state index contributed by atoms with van der Waals surface area (Å²) in [6.45, 7) is 1.38. The SMILES string of the molecule is Cl.NCC1CCCN(S(=O)(=O)Cc2ccc(Cl)cc2F)C1. The average Bonchev–Trinajstić information content (AvgIpc) is 2.42. The van der Waals surface area contributed by atoms with E-state index in [4.69, 9.17) is 17.3 Å². The second-order valence-electron chi connectivity index (χ2n) is 5.09. The highest BCUT2D eigenvalue weighted by molar-refractivity contribution is 7.88. The minimum Gasteiger partial charge on any atom is -0.330 e. The Morgan fingerprint density at radius 3 is 2.76 bits per heavy atom. The zero-order valence-corrected chi connectivity index (χ0v) is 13.9. The van der Waals surface area contributed by atoms with Gasteiger partial charge in [-0.1, -0.05) is 17.7 Å². The van der Waals surface area contributed by atoms with E-state index in [1.807, 2.05) is 0 Å². The van der Waals surface area contributed by atoms with E-state index < -0.39 is 15.8 Å². The van der Waals surface area contributed by atoms with Crippen molar-refractivity contribution < 1.29 is 12.8 Å². The highest BCUT2D eigenvalue weighted by Crippen LogP contribution is 2.22. The molecule has 2 rings (SSSR count). The van der Waals surface area contributed by atoms with Gasteiger partial charge >= 0.3 is 0 Å². The molecule has 0 aromatic heterocycles. The molecule has 0 spiro atoms. The molecule has 1 unspecified atom stereocenters. The van der Waals surface area contributed by atoms with E-state index in [0.717, 1.165) is 18.9 Å². The van der Waals surface area contributed by atoms with Crippen LogP contribution >= 0.6 is 24.0 Å². The third-order valence-electron chi connectivity index (χ3n) is 3.56. The lowest BCUT2D eigenvalue weighted by Gasteiger charge is -2.31. The zero-order valence-electron chi connectivity index (χ0n) is 11.5. The first kappa shape index (κ1) is 18.6. The van der Waals surface area contributed by atoms with Crippen LogP contribution in [0.15, 0.2) is 18.2 Å². The van der Waals surface area contributed by atoms with Gasteiger partial charge in [0.1, 0.15) is 5.82 Å². The Bertz CT molecular complexity index is 584. The lowest BCUT2D eigenvalue weighted by Crippen LogP contribution is -2.42. The normalized spacial score (nSPS) is 20.0. The van der Waals surface area contributed by atoms with Crippen LogP contribution < -0.4 is 5.73 Å². The number of rotatable bonds is 4. The second-order valence-corrected chi connectivity index (χ2v) is 7.50. The minimum absolute atomic E-state index is 0. The van der Waals surface area contributed by atoms with E-state index in [-0.39, 0.29) is 34.7 Å². The molecule has 1 atom stereocenters. The summed E-state index contributed by atoms with van der Waals surface area (Å²) in [5, 5.41) is 0.254. The topological polar surface area (TPSA) is 63.4 Å². The molecule has 1 aliphatic rings. The van der Waals surface area contributed by atoms with Gasteiger partial charge in [-0.2, -0.15) is 0 Å².